The minimum Gasteiger partial charge on any atom is -0.289 e. The molecule has 1 nitrogen and oxygen atoms in total. The van der Waals surface area contributed by atoms with Gasteiger partial charge in [0.2, 0.25) is 0 Å². The Bertz CT molecular complexity index is 335. The van der Waals surface area contributed by atoms with Gasteiger partial charge in [-0.15, -0.1) is 0 Å². The van der Waals surface area contributed by atoms with Gasteiger partial charge in [-0.3, -0.25) is 4.99 Å². The molecule has 0 atom stereocenters. The molecule has 0 saturated heterocycles. The Hall–Kier alpha value is -1.11. The van der Waals surface area contributed by atoms with E-state index in [1.165, 1.54) is 43.2 Å². The van der Waals surface area contributed by atoms with Gasteiger partial charge >= 0.3 is 0 Å². The zero-order chi connectivity index (χ0) is 10.5. The normalized spacial score (nSPS) is 18.5. The summed E-state index contributed by atoms with van der Waals surface area (Å²) in [5.41, 5.74) is 2.54. The molecule has 1 aliphatic rings. The third-order valence-corrected chi connectivity index (χ3v) is 3.05. The van der Waals surface area contributed by atoms with E-state index in [-0.39, 0.29) is 0 Å². The summed E-state index contributed by atoms with van der Waals surface area (Å²) < 4.78 is 0. The maximum atomic E-state index is 4.67. The number of rotatable bonds is 2. The van der Waals surface area contributed by atoms with E-state index in [0.717, 1.165) is 0 Å². The van der Waals surface area contributed by atoms with E-state index in [0.29, 0.717) is 6.04 Å². The first kappa shape index (κ1) is 10.4. The Morgan fingerprint density at radius 1 is 1.20 bits per heavy atom. The van der Waals surface area contributed by atoms with Crippen LogP contribution in [0.2, 0.25) is 0 Å². The fourth-order valence-electron chi connectivity index (χ4n) is 2.17. The first-order valence-electron chi connectivity index (χ1n) is 5.94. The van der Waals surface area contributed by atoms with Gasteiger partial charge < -0.3 is 0 Å². The second-order valence-electron chi connectivity index (χ2n) is 4.48. The van der Waals surface area contributed by atoms with Crippen molar-refractivity contribution in [2.45, 2.75) is 45.1 Å². The van der Waals surface area contributed by atoms with Gasteiger partial charge in [-0.2, -0.15) is 0 Å². The van der Waals surface area contributed by atoms with Crippen LogP contribution < -0.4 is 0 Å². The molecule has 80 valence electrons. The fourth-order valence-corrected chi connectivity index (χ4v) is 2.17. The average Bonchev–Trinajstić information content (AvgIpc) is 2.28. The summed E-state index contributed by atoms with van der Waals surface area (Å²) in [6.45, 7) is 2.12. The maximum absolute atomic E-state index is 4.67. The standard InChI is InChI=1S/C14H19N/c1-12-6-5-7-13(10-12)11-15-14-8-3-2-4-9-14/h5-7,10-11,14H,2-4,8-9H2,1H3. The topological polar surface area (TPSA) is 12.4 Å². The van der Waals surface area contributed by atoms with Crippen LogP contribution in [0.3, 0.4) is 0 Å². The Balaban J connectivity index is 1.97. The van der Waals surface area contributed by atoms with Crippen LogP contribution in [-0.4, -0.2) is 12.3 Å². The van der Waals surface area contributed by atoms with E-state index in [9.17, 15) is 0 Å². The lowest BCUT2D eigenvalue weighted by atomic mass is 9.96. The number of aliphatic imine (C=N–C) groups is 1. The number of hydrogen-bond acceptors (Lipinski definition) is 1. The van der Waals surface area contributed by atoms with Crippen LogP contribution >= 0.6 is 0 Å². The lowest BCUT2D eigenvalue weighted by Gasteiger charge is -2.17. The Labute approximate surface area is 92.2 Å². The summed E-state index contributed by atoms with van der Waals surface area (Å²) in [5, 5.41) is 0. The monoisotopic (exact) mass is 201 g/mol. The molecule has 15 heavy (non-hydrogen) atoms. The molecule has 0 bridgehead atoms. The molecule has 1 aromatic carbocycles. The molecule has 0 amide bonds. The Kier molecular flexibility index (Phi) is 3.54. The van der Waals surface area contributed by atoms with E-state index in [2.05, 4.69) is 36.2 Å². The van der Waals surface area contributed by atoms with Crippen molar-refractivity contribution >= 4 is 6.21 Å². The highest BCUT2D eigenvalue weighted by molar-refractivity contribution is 5.79. The summed E-state index contributed by atoms with van der Waals surface area (Å²) in [5.74, 6) is 0. The highest BCUT2D eigenvalue weighted by Gasteiger charge is 2.10. The summed E-state index contributed by atoms with van der Waals surface area (Å²) in [7, 11) is 0. The summed E-state index contributed by atoms with van der Waals surface area (Å²) in [6, 6.07) is 9.11. The molecule has 0 unspecified atom stereocenters. The molecule has 1 saturated carbocycles. The minimum absolute atomic E-state index is 0.583. The van der Waals surface area contributed by atoms with Gasteiger partial charge in [-0.1, -0.05) is 49.1 Å². The third-order valence-electron chi connectivity index (χ3n) is 3.05. The maximum Gasteiger partial charge on any atom is 0.0499 e. The molecule has 0 N–H and O–H groups in total. The lowest BCUT2D eigenvalue weighted by Crippen LogP contribution is -2.09. The molecule has 0 spiro atoms. The van der Waals surface area contributed by atoms with Crippen LogP contribution in [0.25, 0.3) is 0 Å². The predicted octanol–water partition coefficient (Wildman–Crippen LogP) is 3.75. The molecule has 1 fully saturated rings. The van der Waals surface area contributed by atoms with Crippen molar-refractivity contribution in [3.8, 4) is 0 Å². The van der Waals surface area contributed by atoms with Crippen LogP contribution in [0.15, 0.2) is 29.3 Å². The average molecular weight is 201 g/mol. The Morgan fingerprint density at radius 2 is 2.00 bits per heavy atom. The number of aryl methyl sites for hydroxylation is 1. The van der Waals surface area contributed by atoms with Crippen LogP contribution in [0, 0.1) is 6.92 Å². The smallest absolute Gasteiger partial charge is 0.0499 e. The SMILES string of the molecule is Cc1cccc(C=NC2CCCCC2)c1. The zero-order valence-electron chi connectivity index (χ0n) is 9.45. The highest BCUT2D eigenvalue weighted by atomic mass is 14.8. The van der Waals surface area contributed by atoms with Gasteiger partial charge in [0.15, 0.2) is 0 Å². The summed E-state index contributed by atoms with van der Waals surface area (Å²) in [4.78, 5) is 4.67. The lowest BCUT2D eigenvalue weighted by molar-refractivity contribution is 0.444. The van der Waals surface area contributed by atoms with E-state index >= 15 is 0 Å². The van der Waals surface area contributed by atoms with E-state index in [4.69, 9.17) is 0 Å². The van der Waals surface area contributed by atoms with Crippen molar-refractivity contribution in [3.05, 3.63) is 35.4 Å². The number of nitrogens with zero attached hydrogens (tertiary/aromatic N) is 1. The molecular formula is C14H19N. The van der Waals surface area contributed by atoms with Crippen molar-refractivity contribution in [3.63, 3.8) is 0 Å². The van der Waals surface area contributed by atoms with Gasteiger partial charge in [0.05, 0.1) is 0 Å². The van der Waals surface area contributed by atoms with Crippen molar-refractivity contribution in [2.75, 3.05) is 0 Å². The molecule has 0 radical (unpaired) electrons. The van der Waals surface area contributed by atoms with Crippen molar-refractivity contribution in [1.82, 2.24) is 0 Å². The molecule has 0 aliphatic heterocycles. The highest BCUT2D eigenvalue weighted by Crippen LogP contribution is 2.20. The van der Waals surface area contributed by atoms with E-state index in [1.54, 1.807) is 0 Å². The van der Waals surface area contributed by atoms with E-state index in [1.807, 2.05) is 6.21 Å². The predicted molar refractivity (Wildman–Crippen MR) is 65.6 cm³/mol. The van der Waals surface area contributed by atoms with Crippen LogP contribution in [-0.2, 0) is 0 Å². The fraction of sp³-hybridized carbons (Fsp3) is 0.500. The van der Waals surface area contributed by atoms with Crippen LogP contribution in [0.5, 0.6) is 0 Å². The third kappa shape index (κ3) is 3.19. The van der Waals surface area contributed by atoms with Crippen LogP contribution in [0.4, 0.5) is 0 Å². The Morgan fingerprint density at radius 3 is 2.73 bits per heavy atom. The zero-order valence-corrected chi connectivity index (χ0v) is 9.45. The molecular weight excluding hydrogens is 182 g/mol. The molecule has 1 aliphatic carbocycles. The van der Waals surface area contributed by atoms with Crippen LogP contribution in [0.1, 0.15) is 43.2 Å². The van der Waals surface area contributed by atoms with Gasteiger partial charge in [0.1, 0.15) is 0 Å². The van der Waals surface area contributed by atoms with Gasteiger partial charge in [-0.05, 0) is 25.3 Å². The van der Waals surface area contributed by atoms with Gasteiger partial charge in [0, 0.05) is 12.3 Å². The molecule has 1 aromatic rings. The second-order valence-corrected chi connectivity index (χ2v) is 4.48. The van der Waals surface area contributed by atoms with Crippen molar-refractivity contribution < 1.29 is 0 Å². The first-order valence-corrected chi connectivity index (χ1v) is 5.94. The van der Waals surface area contributed by atoms with Gasteiger partial charge in [-0.25, -0.2) is 0 Å². The molecule has 2 rings (SSSR count). The van der Waals surface area contributed by atoms with Crippen molar-refractivity contribution in [1.29, 1.82) is 0 Å². The second kappa shape index (κ2) is 5.11. The minimum atomic E-state index is 0.583. The quantitative estimate of drug-likeness (QED) is 0.646. The summed E-state index contributed by atoms with van der Waals surface area (Å²) in [6.07, 6.45) is 8.72. The molecule has 0 aromatic heterocycles. The summed E-state index contributed by atoms with van der Waals surface area (Å²) >= 11 is 0. The molecule has 0 heterocycles. The van der Waals surface area contributed by atoms with Crippen molar-refractivity contribution in [2.24, 2.45) is 4.99 Å². The number of benzene rings is 1. The largest absolute Gasteiger partial charge is 0.289 e. The molecule has 1 heteroatoms. The van der Waals surface area contributed by atoms with E-state index < -0.39 is 0 Å². The first-order chi connectivity index (χ1) is 7.34. The number of hydrogen-bond donors (Lipinski definition) is 0. The van der Waals surface area contributed by atoms with Gasteiger partial charge in [0.25, 0.3) is 0 Å².